The van der Waals surface area contributed by atoms with Crippen LogP contribution >= 0.6 is 11.6 Å². The van der Waals surface area contributed by atoms with Gasteiger partial charge in [0.05, 0.1) is 17.2 Å². The van der Waals surface area contributed by atoms with E-state index in [4.69, 9.17) is 21.6 Å². The number of hydrogen-bond acceptors (Lipinski definition) is 2. The highest BCUT2D eigenvalue weighted by molar-refractivity contribution is 6.31. The SMILES string of the molecule is Cc1ccc(C)c(CCOc2ccc(C#N)c(Cl)c2)c1. The molecule has 2 nitrogen and oxygen atoms in total. The lowest BCUT2D eigenvalue weighted by Crippen LogP contribution is -2.03. The van der Waals surface area contributed by atoms with Gasteiger partial charge in [-0.1, -0.05) is 35.4 Å². The molecule has 0 amide bonds. The molecule has 0 saturated heterocycles. The van der Waals surface area contributed by atoms with Gasteiger partial charge in [0.2, 0.25) is 0 Å². The van der Waals surface area contributed by atoms with Gasteiger partial charge >= 0.3 is 0 Å². The molecule has 0 heterocycles. The molecule has 3 heteroatoms. The molecular formula is C17H16ClNO. The van der Waals surface area contributed by atoms with E-state index in [-0.39, 0.29) is 0 Å². The van der Waals surface area contributed by atoms with E-state index in [1.807, 2.05) is 6.07 Å². The van der Waals surface area contributed by atoms with Gasteiger partial charge in [0.1, 0.15) is 11.8 Å². The molecule has 0 atom stereocenters. The molecular weight excluding hydrogens is 270 g/mol. The van der Waals surface area contributed by atoms with E-state index in [0.29, 0.717) is 22.9 Å². The number of aryl methyl sites for hydroxylation is 2. The first-order valence-electron chi connectivity index (χ1n) is 6.49. The number of nitriles is 1. The van der Waals surface area contributed by atoms with Crippen LogP contribution in [0.3, 0.4) is 0 Å². The van der Waals surface area contributed by atoms with Crippen molar-refractivity contribution < 1.29 is 4.74 Å². The molecule has 0 spiro atoms. The van der Waals surface area contributed by atoms with E-state index in [1.165, 1.54) is 16.7 Å². The van der Waals surface area contributed by atoms with E-state index in [9.17, 15) is 0 Å². The smallest absolute Gasteiger partial charge is 0.120 e. The predicted octanol–water partition coefficient (Wildman–Crippen LogP) is 4.45. The Balaban J connectivity index is 1.98. The molecule has 20 heavy (non-hydrogen) atoms. The third-order valence-electron chi connectivity index (χ3n) is 3.21. The molecule has 0 aliphatic heterocycles. The number of nitrogens with zero attached hydrogens (tertiary/aromatic N) is 1. The lowest BCUT2D eigenvalue weighted by Gasteiger charge is -2.09. The second kappa shape index (κ2) is 6.45. The maximum absolute atomic E-state index is 8.82. The van der Waals surface area contributed by atoms with Crippen LogP contribution in [-0.4, -0.2) is 6.61 Å². The predicted molar refractivity (Wildman–Crippen MR) is 81.3 cm³/mol. The molecule has 0 saturated carbocycles. The Bertz CT molecular complexity index is 659. The van der Waals surface area contributed by atoms with E-state index < -0.39 is 0 Å². The molecule has 2 aromatic rings. The van der Waals surface area contributed by atoms with Crippen LogP contribution < -0.4 is 4.74 Å². The fraction of sp³-hybridized carbons (Fsp3) is 0.235. The quantitative estimate of drug-likeness (QED) is 0.831. The highest BCUT2D eigenvalue weighted by Gasteiger charge is 2.03. The van der Waals surface area contributed by atoms with Crippen molar-refractivity contribution in [2.24, 2.45) is 0 Å². The van der Waals surface area contributed by atoms with Gasteiger partial charge in [0, 0.05) is 12.5 Å². The number of ether oxygens (including phenoxy) is 1. The van der Waals surface area contributed by atoms with Crippen molar-refractivity contribution in [3.8, 4) is 11.8 Å². The highest BCUT2D eigenvalue weighted by atomic mass is 35.5. The number of halogens is 1. The summed E-state index contributed by atoms with van der Waals surface area (Å²) in [7, 11) is 0. The fourth-order valence-electron chi connectivity index (χ4n) is 2.02. The van der Waals surface area contributed by atoms with Gasteiger partial charge in [-0.3, -0.25) is 0 Å². The van der Waals surface area contributed by atoms with E-state index in [2.05, 4.69) is 32.0 Å². The van der Waals surface area contributed by atoms with Crippen LogP contribution in [0.5, 0.6) is 5.75 Å². The molecule has 0 aromatic heterocycles. The second-order valence-electron chi connectivity index (χ2n) is 4.78. The molecule has 0 radical (unpaired) electrons. The average Bonchev–Trinajstić information content (AvgIpc) is 2.43. The third-order valence-corrected chi connectivity index (χ3v) is 3.52. The highest BCUT2D eigenvalue weighted by Crippen LogP contribution is 2.22. The van der Waals surface area contributed by atoms with Crippen molar-refractivity contribution in [1.29, 1.82) is 5.26 Å². The van der Waals surface area contributed by atoms with Crippen LogP contribution in [0.25, 0.3) is 0 Å². The van der Waals surface area contributed by atoms with Crippen molar-refractivity contribution >= 4 is 11.6 Å². The van der Waals surface area contributed by atoms with Crippen molar-refractivity contribution in [2.45, 2.75) is 20.3 Å². The van der Waals surface area contributed by atoms with E-state index >= 15 is 0 Å². The Kier molecular flexibility index (Phi) is 4.65. The Morgan fingerprint density at radius 3 is 2.65 bits per heavy atom. The van der Waals surface area contributed by atoms with Crippen molar-refractivity contribution in [3.05, 3.63) is 63.7 Å². The topological polar surface area (TPSA) is 33.0 Å². The summed E-state index contributed by atoms with van der Waals surface area (Å²) in [6.45, 7) is 4.78. The maximum Gasteiger partial charge on any atom is 0.120 e. The van der Waals surface area contributed by atoms with Gasteiger partial charge in [-0.25, -0.2) is 0 Å². The maximum atomic E-state index is 8.82. The van der Waals surface area contributed by atoms with Crippen LogP contribution in [0.4, 0.5) is 0 Å². The zero-order chi connectivity index (χ0) is 14.5. The van der Waals surface area contributed by atoms with Crippen LogP contribution in [0.2, 0.25) is 5.02 Å². The number of benzene rings is 2. The number of rotatable bonds is 4. The minimum absolute atomic E-state index is 0.428. The Labute approximate surface area is 124 Å². The summed E-state index contributed by atoms with van der Waals surface area (Å²) in [5.41, 5.74) is 4.29. The van der Waals surface area contributed by atoms with Crippen LogP contribution in [-0.2, 0) is 6.42 Å². The summed E-state index contributed by atoms with van der Waals surface area (Å²) < 4.78 is 5.69. The first-order valence-corrected chi connectivity index (χ1v) is 6.86. The van der Waals surface area contributed by atoms with Crippen molar-refractivity contribution in [1.82, 2.24) is 0 Å². The van der Waals surface area contributed by atoms with E-state index in [1.54, 1.807) is 18.2 Å². The van der Waals surface area contributed by atoms with Gasteiger partial charge < -0.3 is 4.74 Å². The molecule has 102 valence electrons. The molecule has 0 aliphatic carbocycles. The first kappa shape index (κ1) is 14.4. The monoisotopic (exact) mass is 285 g/mol. The summed E-state index contributed by atoms with van der Waals surface area (Å²) >= 11 is 5.97. The summed E-state index contributed by atoms with van der Waals surface area (Å²) in [5, 5.41) is 9.24. The molecule has 2 rings (SSSR count). The Morgan fingerprint density at radius 1 is 1.15 bits per heavy atom. The Hall–Kier alpha value is -1.98. The van der Waals surface area contributed by atoms with Crippen molar-refractivity contribution in [2.75, 3.05) is 6.61 Å². The van der Waals surface area contributed by atoms with Gasteiger partial charge in [-0.05, 0) is 37.1 Å². The van der Waals surface area contributed by atoms with E-state index in [0.717, 1.165) is 6.42 Å². The third kappa shape index (κ3) is 3.53. The lowest BCUT2D eigenvalue weighted by molar-refractivity contribution is 0.321. The van der Waals surface area contributed by atoms with Gasteiger partial charge in [0.25, 0.3) is 0 Å². The normalized spacial score (nSPS) is 10.1. The van der Waals surface area contributed by atoms with Gasteiger partial charge in [0.15, 0.2) is 0 Å². The summed E-state index contributed by atoms with van der Waals surface area (Å²) in [6.07, 6.45) is 0.852. The molecule has 2 aromatic carbocycles. The minimum Gasteiger partial charge on any atom is -0.493 e. The van der Waals surface area contributed by atoms with Crippen LogP contribution in [0, 0.1) is 25.2 Å². The zero-order valence-corrected chi connectivity index (χ0v) is 12.4. The minimum atomic E-state index is 0.428. The van der Waals surface area contributed by atoms with Crippen LogP contribution in [0.15, 0.2) is 36.4 Å². The van der Waals surface area contributed by atoms with Gasteiger partial charge in [-0.2, -0.15) is 5.26 Å². The Morgan fingerprint density at radius 2 is 1.95 bits per heavy atom. The van der Waals surface area contributed by atoms with Crippen LogP contribution in [0.1, 0.15) is 22.3 Å². The standard InChI is InChI=1S/C17H16ClNO/c1-12-3-4-13(2)14(9-12)7-8-20-16-6-5-15(11-19)17(18)10-16/h3-6,9-10H,7-8H2,1-2H3. The summed E-state index contributed by atoms with van der Waals surface area (Å²) in [4.78, 5) is 0. The largest absolute Gasteiger partial charge is 0.493 e. The number of hydrogen-bond donors (Lipinski definition) is 0. The first-order chi connectivity index (χ1) is 9.60. The second-order valence-corrected chi connectivity index (χ2v) is 5.19. The lowest BCUT2D eigenvalue weighted by atomic mass is 10.0. The summed E-state index contributed by atoms with van der Waals surface area (Å²) in [5.74, 6) is 0.694. The summed E-state index contributed by atoms with van der Waals surface area (Å²) in [6, 6.07) is 13.6. The zero-order valence-electron chi connectivity index (χ0n) is 11.6. The van der Waals surface area contributed by atoms with Gasteiger partial charge in [-0.15, -0.1) is 0 Å². The molecule has 0 unspecified atom stereocenters. The fourth-order valence-corrected chi connectivity index (χ4v) is 2.24. The van der Waals surface area contributed by atoms with Crippen molar-refractivity contribution in [3.63, 3.8) is 0 Å². The molecule has 0 fully saturated rings. The molecule has 0 aliphatic rings. The molecule has 0 bridgehead atoms. The molecule has 0 N–H and O–H groups in total. The average molecular weight is 286 g/mol.